The molecule has 0 saturated carbocycles. The number of aryl methyl sites for hydroxylation is 1. The van der Waals surface area contributed by atoms with E-state index in [0.717, 1.165) is 36.5 Å². The zero-order valence-electron chi connectivity index (χ0n) is 15.5. The molecule has 0 spiro atoms. The molecule has 1 atom stereocenters. The summed E-state index contributed by atoms with van der Waals surface area (Å²) in [5, 5.41) is 4.44. The van der Waals surface area contributed by atoms with Crippen molar-refractivity contribution in [3.63, 3.8) is 0 Å². The predicted octanol–water partition coefficient (Wildman–Crippen LogP) is 2.69. The third kappa shape index (κ3) is 2.87. The molecule has 7 heteroatoms. The van der Waals surface area contributed by atoms with E-state index in [0.29, 0.717) is 18.3 Å². The van der Waals surface area contributed by atoms with Crippen LogP contribution in [0.15, 0.2) is 30.7 Å². The van der Waals surface area contributed by atoms with Gasteiger partial charge in [0.15, 0.2) is 11.5 Å². The van der Waals surface area contributed by atoms with Crippen LogP contribution in [0.3, 0.4) is 0 Å². The highest BCUT2D eigenvalue weighted by molar-refractivity contribution is 5.95. The molecule has 3 aromatic rings. The Morgan fingerprint density at radius 1 is 1.31 bits per heavy atom. The Labute approximate surface area is 152 Å². The summed E-state index contributed by atoms with van der Waals surface area (Å²) < 4.78 is 3.68. The molecule has 1 aliphatic heterocycles. The van der Waals surface area contributed by atoms with Crippen molar-refractivity contribution in [3.05, 3.63) is 42.2 Å². The van der Waals surface area contributed by atoms with Crippen molar-refractivity contribution in [2.45, 2.75) is 32.6 Å². The topological polar surface area (TPSA) is 68.3 Å². The van der Waals surface area contributed by atoms with Crippen LogP contribution in [0.2, 0.25) is 0 Å². The summed E-state index contributed by atoms with van der Waals surface area (Å²) in [6.07, 6.45) is 7.14. The molecular formula is C19H24N6O. The lowest BCUT2D eigenvalue weighted by Gasteiger charge is -2.33. The molecule has 26 heavy (non-hydrogen) atoms. The normalized spacial score (nSPS) is 18.0. The van der Waals surface area contributed by atoms with Gasteiger partial charge in [0, 0.05) is 56.3 Å². The second-order valence-electron chi connectivity index (χ2n) is 7.31. The summed E-state index contributed by atoms with van der Waals surface area (Å²) in [6.45, 7) is 5.88. The molecule has 3 aromatic heterocycles. The zero-order chi connectivity index (χ0) is 18.3. The smallest absolute Gasteiger partial charge is 0.203 e. The SMILES string of the molecule is CC(C)c1cc(N2CCC[C@H](C(=O)c3nccn3C)C2)n2nccc2n1. The van der Waals surface area contributed by atoms with Crippen LogP contribution in [0.25, 0.3) is 5.65 Å². The van der Waals surface area contributed by atoms with Crippen LogP contribution in [-0.2, 0) is 7.05 Å². The maximum Gasteiger partial charge on any atom is 0.203 e. The molecule has 1 fully saturated rings. The van der Waals surface area contributed by atoms with Crippen molar-refractivity contribution in [2.75, 3.05) is 18.0 Å². The van der Waals surface area contributed by atoms with Crippen LogP contribution < -0.4 is 4.90 Å². The summed E-state index contributed by atoms with van der Waals surface area (Å²) in [7, 11) is 1.87. The van der Waals surface area contributed by atoms with Crippen molar-refractivity contribution in [2.24, 2.45) is 13.0 Å². The van der Waals surface area contributed by atoms with Gasteiger partial charge in [-0.05, 0) is 18.8 Å². The number of aromatic nitrogens is 5. The number of carbonyl (C=O) groups excluding carboxylic acids is 1. The molecular weight excluding hydrogens is 328 g/mol. The number of Topliss-reactive ketones (excluding diaryl/α,β-unsaturated/α-hetero) is 1. The number of carbonyl (C=O) groups is 1. The Kier molecular flexibility index (Phi) is 4.22. The minimum absolute atomic E-state index is 0.0499. The molecule has 0 radical (unpaired) electrons. The van der Waals surface area contributed by atoms with E-state index in [2.05, 4.69) is 34.9 Å². The number of hydrogen-bond donors (Lipinski definition) is 0. The summed E-state index contributed by atoms with van der Waals surface area (Å²) in [5.74, 6) is 1.96. The molecule has 0 unspecified atom stereocenters. The maximum absolute atomic E-state index is 12.9. The van der Waals surface area contributed by atoms with Gasteiger partial charge in [-0.2, -0.15) is 9.61 Å². The van der Waals surface area contributed by atoms with Gasteiger partial charge >= 0.3 is 0 Å². The van der Waals surface area contributed by atoms with Gasteiger partial charge in [0.1, 0.15) is 5.82 Å². The molecule has 7 nitrogen and oxygen atoms in total. The van der Waals surface area contributed by atoms with E-state index in [-0.39, 0.29) is 11.7 Å². The monoisotopic (exact) mass is 352 g/mol. The first-order valence-corrected chi connectivity index (χ1v) is 9.15. The molecule has 4 heterocycles. The summed E-state index contributed by atoms with van der Waals surface area (Å²) >= 11 is 0. The van der Waals surface area contributed by atoms with Crippen molar-refractivity contribution < 1.29 is 4.79 Å². The molecule has 1 saturated heterocycles. The van der Waals surface area contributed by atoms with Crippen molar-refractivity contribution in [1.29, 1.82) is 0 Å². The fourth-order valence-corrected chi connectivity index (χ4v) is 3.62. The molecule has 1 aliphatic rings. The molecule has 0 N–H and O–H groups in total. The van der Waals surface area contributed by atoms with E-state index in [4.69, 9.17) is 4.98 Å². The highest BCUT2D eigenvalue weighted by atomic mass is 16.1. The van der Waals surface area contributed by atoms with Gasteiger partial charge in [-0.15, -0.1) is 0 Å². The lowest BCUT2D eigenvalue weighted by molar-refractivity contribution is 0.0893. The lowest BCUT2D eigenvalue weighted by atomic mass is 9.93. The van der Waals surface area contributed by atoms with Crippen molar-refractivity contribution in [1.82, 2.24) is 24.1 Å². The Balaban J connectivity index is 1.66. The van der Waals surface area contributed by atoms with Crippen molar-refractivity contribution in [3.8, 4) is 0 Å². The fourth-order valence-electron chi connectivity index (χ4n) is 3.62. The number of anilines is 1. The fraction of sp³-hybridized carbons (Fsp3) is 0.474. The Morgan fingerprint density at radius 3 is 2.88 bits per heavy atom. The minimum Gasteiger partial charge on any atom is -0.356 e. The summed E-state index contributed by atoms with van der Waals surface area (Å²) in [4.78, 5) is 24.1. The average molecular weight is 352 g/mol. The van der Waals surface area contributed by atoms with Gasteiger partial charge in [0.25, 0.3) is 0 Å². The van der Waals surface area contributed by atoms with Crippen LogP contribution in [0.1, 0.15) is 48.9 Å². The predicted molar refractivity (Wildman–Crippen MR) is 99.6 cm³/mol. The first-order valence-electron chi connectivity index (χ1n) is 9.15. The molecule has 4 rings (SSSR count). The second kappa shape index (κ2) is 6.55. The van der Waals surface area contributed by atoms with Gasteiger partial charge in [-0.1, -0.05) is 13.8 Å². The van der Waals surface area contributed by atoms with E-state index in [1.54, 1.807) is 17.0 Å². The molecule has 0 bridgehead atoms. The summed E-state index contributed by atoms with van der Waals surface area (Å²) in [5.41, 5.74) is 1.90. The number of ketones is 1. The minimum atomic E-state index is -0.0499. The van der Waals surface area contributed by atoms with E-state index in [1.165, 1.54) is 0 Å². The number of piperidine rings is 1. The van der Waals surface area contributed by atoms with Crippen LogP contribution in [0, 0.1) is 5.92 Å². The number of fused-ring (bicyclic) bond motifs is 1. The number of rotatable bonds is 4. The Morgan fingerprint density at radius 2 is 2.15 bits per heavy atom. The Bertz CT molecular complexity index is 941. The van der Waals surface area contributed by atoms with Gasteiger partial charge in [0.05, 0.1) is 6.20 Å². The first-order chi connectivity index (χ1) is 12.5. The number of hydrogen-bond acceptors (Lipinski definition) is 5. The Hall–Kier alpha value is -2.70. The number of nitrogens with zero attached hydrogens (tertiary/aromatic N) is 6. The van der Waals surface area contributed by atoms with Crippen LogP contribution >= 0.6 is 0 Å². The standard InChI is InChI=1S/C19H24N6O/c1-13(2)15-11-17(25-16(22-15)6-7-21-25)24-9-4-5-14(12-24)18(26)19-20-8-10-23(19)3/h6-8,10-11,13-14H,4-5,9,12H2,1-3H3/t14-/m0/s1. The van der Waals surface area contributed by atoms with E-state index in [9.17, 15) is 4.79 Å². The van der Waals surface area contributed by atoms with Gasteiger partial charge in [-0.25, -0.2) is 9.97 Å². The van der Waals surface area contributed by atoms with Crippen LogP contribution in [0.5, 0.6) is 0 Å². The molecule has 0 aliphatic carbocycles. The van der Waals surface area contributed by atoms with E-state index < -0.39 is 0 Å². The quantitative estimate of drug-likeness (QED) is 0.675. The third-order valence-electron chi connectivity index (χ3n) is 5.11. The van der Waals surface area contributed by atoms with Gasteiger partial charge < -0.3 is 9.47 Å². The lowest BCUT2D eigenvalue weighted by Crippen LogP contribution is -2.40. The van der Waals surface area contributed by atoms with E-state index >= 15 is 0 Å². The first kappa shape index (κ1) is 16.8. The zero-order valence-corrected chi connectivity index (χ0v) is 15.5. The maximum atomic E-state index is 12.9. The van der Waals surface area contributed by atoms with Gasteiger partial charge in [-0.3, -0.25) is 4.79 Å². The highest BCUT2D eigenvalue weighted by Crippen LogP contribution is 2.27. The molecule has 0 amide bonds. The van der Waals surface area contributed by atoms with Gasteiger partial charge in [0.2, 0.25) is 5.78 Å². The summed E-state index contributed by atoms with van der Waals surface area (Å²) in [6, 6.07) is 4.04. The van der Waals surface area contributed by atoms with Crippen molar-refractivity contribution >= 4 is 17.2 Å². The number of imidazole rings is 1. The molecule has 0 aromatic carbocycles. The largest absolute Gasteiger partial charge is 0.356 e. The second-order valence-corrected chi connectivity index (χ2v) is 7.31. The van der Waals surface area contributed by atoms with E-state index in [1.807, 2.05) is 23.8 Å². The third-order valence-corrected chi connectivity index (χ3v) is 5.11. The highest BCUT2D eigenvalue weighted by Gasteiger charge is 2.30. The molecule has 136 valence electrons. The average Bonchev–Trinajstić information content (AvgIpc) is 3.28. The van der Waals surface area contributed by atoms with Crippen LogP contribution in [0.4, 0.5) is 5.82 Å². The van der Waals surface area contributed by atoms with Crippen LogP contribution in [-0.4, -0.2) is 43.0 Å².